The van der Waals surface area contributed by atoms with Gasteiger partial charge in [0.05, 0.1) is 12.8 Å². The Kier molecular flexibility index (Phi) is 5.06. The number of carbonyl (C=O) groups is 2. The smallest absolute Gasteiger partial charge is 0.325 e. The summed E-state index contributed by atoms with van der Waals surface area (Å²) in [7, 11) is 0. The lowest BCUT2D eigenvalue weighted by Gasteiger charge is -2.18. The Morgan fingerprint density at radius 1 is 1.35 bits per heavy atom. The molecule has 1 aromatic heterocycles. The van der Waals surface area contributed by atoms with Gasteiger partial charge >= 0.3 is 5.97 Å². The topological polar surface area (TPSA) is 72.4 Å². The van der Waals surface area contributed by atoms with E-state index in [1.165, 1.54) is 23.5 Å². The van der Waals surface area contributed by atoms with Crippen molar-refractivity contribution in [3.63, 3.8) is 0 Å². The number of hydrogen-bond donors (Lipinski definition) is 0. The van der Waals surface area contributed by atoms with Crippen molar-refractivity contribution in [3.8, 4) is 0 Å². The minimum absolute atomic E-state index is 0.0697. The molecule has 6 heteroatoms. The Labute approximate surface area is 99.6 Å². The van der Waals surface area contributed by atoms with Crippen LogP contribution in [0.5, 0.6) is 0 Å². The second kappa shape index (κ2) is 6.57. The molecule has 0 unspecified atom stereocenters. The maximum atomic E-state index is 11.9. The van der Waals surface area contributed by atoms with Crippen molar-refractivity contribution >= 4 is 11.9 Å². The summed E-state index contributed by atoms with van der Waals surface area (Å²) in [5, 5.41) is 0. The zero-order valence-electron chi connectivity index (χ0n) is 9.92. The first-order valence-electron chi connectivity index (χ1n) is 5.40. The Balaban J connectivity index is 2.68. The van der Waals surface area contributed by atoms with Gasteiger partial charge in [-0.2, -0.15) is 0 Å². The summed E-state index contributed by atoms with van der Waals surface area (Å²) in [5.41, 5.74) is 0.221. The molecule has 0 atom stereocenters. The van der Waals surface area contributed by atoms with E-state index in [1.54, 1.807) is 13.8 Å². The minimum atomic E-state index is -0.424. The number of hydrogen-bond acceptors (Lipinski definition) is 5. The zero-order chi connectivity index (χ0) is 12.7. The molecule has 0 aliphatic heterocycles. The molecule has 0 saturated carbocycles. The van der Waals surface area contributed by atoms with Crippen LogP contribution in [0.25, 0.3) is 0 Å². The molecule has 0 bridgehead atoms. The summed E-state index contributed by atoms with van der Waals surface area (Å²) in [6.07, 6.45) is 4.29. The van der Waals surface area contributed by atoms with Crippen molar-refractivity contribution in [3.05, 3.63) is 24.3 Å². The molecule has 0 aliphatic rings. The van der Waals surface area contributed by atoms with Gasteiger partial charge in [-0.25, -0.2) is 4.98 Å². The van der Waals surface area contributed by atoms with Crippen LogP contribution < -0.4 is 0 Å². The van der Waals surface area contributed by atoms with Gasteiger partial charge in [0.25, 0.3) is 5.91 Å². The molecule has 1 amide bonds. The monoisotopic (exact) mass is 237 g/mol. The van der Waals surface area contributed by atoms with Gasteiger partial charge in [-0.3, -0.25) is 14.6 Å². The summed E-state index contributed by atoms with van der Waals surface area (Å²) < 4.78 is 4.79. The van der Waals surface area contributed by atoms with E-state index in [4.69, 9.17) is 4.74 Å². The van der Waals surface area contributed by atoms with Crippen molar-refractivity contribution in [1.29, 1.82) is 0 Å². The summed E-state index contributed by atoms with van der Waals surface area (Å²) in [6.45, 7) is 4.15. The maximum Gasteiger partial charge on any atom is 0.325 e. The van der Waals surface area contributed by atoms with Crippen LogP contribution in [-0.2, 0) is 9.53 Å². The van der Waals surface area contributed by atoms with Crippen molar-refractivity contribution in [2.75, 3.05) is 19.7 Å². The van der Waals surface area contributed by atoms with Crippen LogP contribution in [0.1, 0.15) is 24.3 Å². The number of ether oxygens (including phenoxy) is 1. The third kappa shape index (κ3) is 3.82. The first kappa shape index (κ1) is 13.1. The molecule has 0 spiro atoms. The molecule has 92 valence electrons. The largest absolute Gasteiger partial charge is 0.465 e. The summed E-state index contributed by atoms with van der Waals surface area (Å²) >= 11 is 0. The lowest BCUT2D eigenvalue weighted by molar-refractivity contribution is -0.143. The first-order chi connectivity index (χ1) is 8.19. The molecule has 6 nitrogen and oxygen atoms in total. The van der Waals surface area contributed by atoms with Crippen molar-refractivity contribution in [2.24, 2.45) is 0 Å². The molecule has 0 aromatic carbocycles. The van der Waals surface area contributed by atoms with Crippen molar-refractivity contribution in [1.82, 2.24) is 14.9 Å². The van der Waals surface area contributed by atoms with E-state index < -0.39 is 5.97 Å². The molecule has 1 aromatic rings. The fraction of sp³-hybridized carbons (Fsp3) is 0.455. The van der Waals surface area contributed by atoms with E-state index in [9.17, 15) is 9.59 Å². The number of esters is 1. The molecule has 17 heavy (non-hydrogen) atoms. The third-order valence-corrected chi connectivity index (χ3v) is 2.08. The standard InChI is InChI=1S/C11H15N3O3/c1-3-14(8-10(15)17-4-2)11(16)9-7-12-5-6-13-9/h5-7H,3-4,8H2,1-2H3. The predicted octanol–water partition coefficient (Wildman–Crippen LogP) is 0.502. The highest BCUT2D eigenvalue weighted by Gasteiger charge is 2.18. The molecule has 0 N–H and O–H groups in total. The Morgan fingerprint density at radius 3 is 2.65 bits per heavy atom. The number of likely N-dealkylation sites (N-methyl/N-ethyl adjacent to an activating group) is 1. The van der Waals surface area contributed by atoms with Crippen LogP contribution in [0.3, 0.4) is 0 Å². The third-order valence-electron chi connectivity index (χ3n) is 2.08. The summed E-state index contributed by atoms with van der Waals surface area (Å²) in [6, 6.07) is 0. The highest BCUT2D eigenvalue weighted by molar-refractivity contribution is 5.93. The van der Waals surface area contributed by atoms with Crippen LogP contribution >= 0.6 is 0 Å². The average Bonchev–Trinajstić information content (AvgIpc) is 2.36. The number of aromatic nitrogens is 2. The molecule has 0 radical (unpaired) electrons. The number of nitrogens with zero attached hydrogens (tertiary/aromatic N) is 3. The molecule has 0 saturated heterocycles. The van der Waals surface area contributed by atoms with Crippen LogP contribution in [0.4, 0.5) is 0 Å². The zero-order valence-corrected chi connectivity index (χ0v) is 9.92. The lowest BCUT2D eigenvalue weighted by Crippen LogP contribution is -2.36. The van der Waals surface area contributed by atoms with Gasteiger partial charge in [0.15, 0.2) is 0 Å². The maximum absolute atomic E-state index is 11.9. The van der Waals surface area contributed by atoms with E-state index >= 15 is 0 Å². The van der Waals surface area contributed by atoms with Crippen LogP contribution in [-0.4, -0.2) is 46.4 Å². The van der Waals surface area contributed by atoms with Crippen LogP contribution in [0.2, 0.25) is 0 Å². The SMILES string of the molecule is CCOC(=O)CN(CC)C(=O)c1cnccn1. The van der Waals surface area contributed by atoms with Gasteiger partial charge < -0.3 is 9.64 Å². The predicted molar refractivity (Wildman–Crippen MR) is 60.2 cm³/mol. The molecular weight excluding hydrogens is 222 g/mol. The van der Waals surface area contributed by atoms with Gasteiger partial charge in [0.1, 0.15) is 12.2 Å². The quantitative estimate of drug-likeness (QED) is 0.697. The van der Waals surface area contributed by atoms with Crippen LogP contribution in [0, 0.1) is 0 Å². The van der Waals surface area contributed by atoms with Crippen molar-refractivity contribution in [2.45, 2.75) is 13.8 Å². The van der Waals surface area contributed by atoms with Gasteiger partial charge in [-0.15, -0.1) is 0 Å². The second-order valence-electron chi connectivity index (χ2n) is 3.22. The van der Waals surface area contributed by atoms with E-state index in [2.05, 4.69) is 9.97 Å². The van der Waals surface area contributed by atoms with E-state index in [-0.39, 0.29) is 18.1 Å². The van der Waals surface area contributed by atoms with Gasteiger partial charge in [0, 0.05) is 18.9 Å². The van der Waals surface area contributed by atoms with Crippen LogP contribution in [0.15, 0.2) is 18.6 Å². The highest BCUT2D eigenvalue weighted by Crippen LogP contribution is 2.00. The molecule has 1 rings (SSSR count). The minimum Gasteiger partial charge on any atom is -0.465 e. The summed E-state index contributed by atoms with van der Waals surface area (Å²) in [5.74, 6) is -0.750. The average molecular weight is 237 g/mol. The Bertz CT molecular complexity index is 381. The van der Waals surface area contributed by atoms with Gasteiger partial charge in [-0.1, -0.05) is 0 Å². The fourth-order valence-corrected chi connectivity index (χ4v) is 1.26. The van der Waals surface area contributed by atoms with Crippen molar-refractivity contribution < 1.29 is 14.3 Å². The van der Waals surface area contributed by atoms with E-state index in [0.29, 0.717) is 13.2 Å². The van der Waals surface area contributed by atoms with E-state index in [1.807, 2.05) is 0 Å². The van der Waals surface area contributed by atoms with Gasteiger partial charge in [-0.05, 0) is 13.8 Å². The number of amides is 1. The van der Waals surface area contributed by atoms with Gasteiger partial charge in [0.2, 0.25) is 0 Å². The number of carbonyl (C=O) groups excluding carboxylic acids is 2. The molecular formula is C11H15N3O3. The number of rotatable bonds is 5. The normalized spacial score (nSPS) is 9.76. The van der Waals surface area contributed by atoms with E-state index in [0.717, 1.165) is 0 Å². The Morgan fingerprint density at radius 2 is 2.12 bits per heavy atom. The Hall–Kier alpha value is -1.98. The highest BCUT2D eigenvalue weighted by atomic mass is 16.5. The first-order valence-corrected chi connectivity index (χ1v) is 5.40. The summed E-state index contributed by atoms with van der Waals surface area (Å²) in [4.78, 5) is 32.3. The molecule has 1 heterocycles. The second-order valence-corrected chi connectivity index (χ2v) is 3.22. The molecule has 0 fully saturated rings. The molecule has 0 aliphatic carbocycles. The fourth-order valence-electron chi connectivity index (χ4n) is 1.26. The lowest BCUT2D eigenvalue weighted by atomic mass is 10.3.